The molecule has 0 aliphatic rings. The molecule has 0 unspecified atom stereocenters. The van der Waals surface area contributed by atoms with Gasteiger partial charge in [0.15, 0.2) is 0 Å². The van der Waals surface area contributed by atoms with Gasteiger partial charge in [0.2, 0.25) is 0 Å². The highest BCUT2D eigenvalue weighted by Crippen LogP contribution is 2.20. The topological polar surface area (TPSA) is 113 Å². The van der Waals surface area contributed by atoms with Crippen LogP contribution in [0, 0.1) is 0 Å². The van der Waals surface area contributed by atoms with Crippen molar-refractivity contribution in [3.05, 3.63) is 29.8 Å². The predicted octanol–water partition coefficient (Wildman–Crippen LogP) is 3.32. The first-order chi connectivity index (χ1) is 12.4. The van der Waals surface area contributed by atoms with Crippen molar-refractivity contribution in [2.45, 2.75) is 51.9 Å². The average Bonchev–Trinajstić information content (AvgIpc) is 2.57. The number of aliphatic hydroxyl groups excluding tert-OH is 1. The van der Waals surface area contributed by atoms with Crippen LogP contribution in [0.2, 0.25) is 0 Å². The number of unbranched alkanes of at least 4 members (excludes halogenated alkanes) is 5. The van der Waals surface area contributed by atoms with Gasteiger partial charge < -0.3 is 14.6 Å². The lowest BCUT2D eigenvalue weighted by molar-refractivity contribution is 0.0703. The average molecular weight is 393 g/mol. The van der Waals surface area contributed by atoms with E-state index in [0.717, 1.165) is 12.2 Å². The van der Waals surface area contributed by atoms with Gasteiger partial charge >= 0.3 is 10.4 Å². The molecule has 0 aliphatic heterocycles. The number of aliphatic hydroxyl groups is 1. The number of para-hydroxylation sites is 1. The van der Waals surface area contributed by atoms with Crippen molar-refractivity contribution in [3.63, 3.8) is 0 Å². The monoisotopic (exact) mass is 392 g/mol. The highest BCUT2D eigenvalue weighted by atomic mass is 32.3. The Kier molecular flexibility index (Phi) is 15.3. The van der Waals surface area contributed by atoms with Gasteiger partial charge in [-0.2, -0.15) is 8.42 Å². The maximum atomic E-state index is 8.74. The summed E-state index contributed by atoms with van der Waals surface area (Å²) in [6.07, 6.45) is 8.96. The largest absolute Gasteiger partial charge is 0.491 e. The standard InChI is InChI=1S/C18H30O3.H2O4S/c1-2-3-4-5-6-7-10-17-11-8-9-12-18(17)21-16-15-20-14-13-19;1-5(2,3)4/h8-9,11-12,19H,2-7,10,13-16H2,1H3;(H2,1,2,3,4). The minimum Gasteiger partial charge on any atom is -0.491 e. The third-order valence-electron chi connectivity index (χ3n) is 3.49. The van der Waals surface area contributed by atoms with Gasteiger partial charge in [-0.25, -0.2) is 0 Å². The molecule has 152 valence electrons. The molecule has 0 heterocycles. The second kappa shape index (κ2) is 16.0. The first-order valence-electron chi connectivity index (χ1n) is 8.97. The maximum Gasteiger partial charge on any atom is 0.394 e. The van der Waals surface area contributed by atoms with Gasteiger partial charge in [0.1, 0.15) is 12.4 Å². The van der Waals surface area contributed by atoms with E-state index in [1.54, 1.807) is 0 Å². The summed E-state index contributed by atoms with van der Waals surface area (Å²) in [5.74, 6) is 0.971. The normalized spacial score (nSPS) is 10.9. The molecule has 0 amide bonds. The van der Waals surface area contributed by atoms with Crippen LogP contribution in [0.4, 0.5) is 0 Å². The molecule has 1 aromatic rings. The van der Waals surface area contributed by atoms with Crippen LogP contribution < -0.4 is 4.74 Å². The van der Waals surface area contributed by atoms with E-state index in [1.807, 2.05) is 12.1 Å². The molecule has 26 heavy (non-hydrogen) atoms. The van der Waals surface area contributed by atoms with E-state index < -0.39 is 10.4 Å². The number of hydrogen-bond acceptors (Lipinski definition) is 5. The lowest BCUT2D eigenvalue weighted by atomic mass is 10.0. The van der Waals surface area contributed by atoms with E-state index >= 15 is 0 Å². The van der Waals surface area contributed by atoms with Crippen LogP contribution >= 0.6 is 0 Å². The third kappa shape index (κ3) is 17.6. The van der Waals surface area contributed by atoms with Gasteiger partial charge in [-0.3, -0.25) is 9.11 Å². The lowest BCUT2D eigenvalue weighted by Gasteiger charge is -2.11. The van der Waals surface area contributed by atoms with Crippen molar-refractivity contribution in [3.8, 4) is 5.75 Å². The van der Waals surface area contributed by atoms with Crippen molar-refractivity contribution in [1.82, 2.24) is 0 Å². The summed E-state index contributed by atoms with van der Waals surface area (Å²) in [5.41, 5.74) is 1.29. The summed E-state index contributed by atoms with van der Waals surface area (Å²) >= 11 is 0. The molecule has 0 saturated carbocycles. The fourth-order valence-electron chi connectivity index (χ4n) is 2.32. The molecule has 8 heteroatoms. The zero-order valence-electron chi connectivity index (χ0n) is 15.5. The van der Waals surface area contributed by atoms with Crippen molar-refractivity contribution in [2.24, 2.45) is 0 Å². The summed E-state index contributed by atoms with van der Waals surface area (Å²) in [5, 5.41) is 8.64. The third-order valence-corrected chi connectivity index (χ3v) is 3.49. The molecule has 0 bridgehead atoms. The van der Waals surface area contributed by atoms with E-state index in [-0.39, 0.29) is 6.61 Å². The zero-order chi connectivity index (χ0) is 19.7. The maximum absolute atomic E-state index is 8.74. The first-order valence-corrected chi connectivity index (χ1v) is 10.4. The van der Waals surface area contributed by atoms with Gasteiger partial charge in [0.05, 0.1) is 19.8 Å². The molecule has 0 aromatic heterocycles. The molecule has 3 N–H and O–H groups in total. The predicted molar refractivity (Wildman–Crippen MR) is 101 cm³/mol. The zero-order valence-corrected chi connectivity index (χ0v) is 16.3. The molecule has 0 atom stereocenters. The quantitative estimate of drug-likeness (QED) is 0.348. The molecular formula is C18H32O7S. The fraction of sp³-hybridized carbons (Fsp3) is 0.667. The second-order valence-corrected chi connectivity index (χ2v) is 6.65. The summed E-state index contributed by atoms with van der Waals surface area (Å²) in [6.45, 7) is 3.74. The molecule has 1 aromatic carbocycles. The highest BCUT2D eigenvalue weighted by Gasteiger charge is 2.03. The Balaban J connectivity index is 0.00000110. The van der Waals surface area contributed by atoms with Crippen LogP contribution in [0.15, 0.2) is 24.3 Å². The SMILES string of the molecule is CCCCCCCCc1ccccc1OCCOCCO.O=S(=O)(O)O. The van der Waals surface area contributed by atoms with Crippen molar-refractivity contribution >= 4 is 10.4 Å². The molecule has 0 aliphatic carbocycles. The summed E-state index contributed by atoms with van der Waals surface area (Å²) in [4.78, 5) is 0. The summed E-state index contributed by atoms with van der Waals surface area (Å²) < 4.78 is 42.6. The summed E-state index contributed by atoms with van der Waals surface area (Å²) in [6, 6.07) is 8.25. The second-order valence-electron chi connectivity index (χ2n) is 5.76. The van der Waals surface area contributed by atoms with E-state index in [1.165, 1.54) is 44.1 Å². The van der Waals surface area contributed by atoms with Crippen molar-refractivity contribution in [1.29, 1.82) is 0 Å². The summed E-state index contributed by atoms with van der Waals surface area (Å²) in [7, 11) is -4.67. The Bertz CT molecular complexity index is 538. The Morgan fingerprint density at radius 1 is 0.923 bits per heavy atom. The van der Waals surface area contributed by atoms with Crippen LogP contribution in [0.3, 0.4) is 0 Å². The van der Waals surface area contributed by atoms with Crippen LogP contribution in [-0.2, 0) is 21.6 Å². The minimum atomic E-state index is -4.67. The number of hydrogen-bond donors (Lipinski definition) is 3. The van der Waals surface area contributed by atoms with Gasteiger partial charge in [-0.05, 0) is 24.5 Å². The Labute approximate surface area is 156 Å². The lowest BCUT2D eigenvalue weighted by Crippen LogP contribution is -2.10. The molecular weight excluding hydrogens is 360 g/mol. The molecule has 7 nitrogen and oxygen atoms in total. The highest BCUT2D eigenvalue weighted by molar-refractivity contribution is 7.79. The van der Waals surface area contributed by atoms with Crippen LogP contribution in [0.5, 0.6) is 5.75 Å². The van der Waals surface area contributed by atoms with E-state index in [2.05, 4.69) is 19.1 Å². The Morgan fingerprint density at radius 2 is 1.54 bits per heavy atom. The van der Waals surface area contributed by atoms with Crippen LogP contribution in [-0.4, -0.2) is 49.1 Å². The van der Waals surface area contributed by atoms with Gasteiger partial charge in [0.25, 0.3) is 0 Å². The minimum absolute atomic E-state index is 0.0641. The number of benzene rings is 1. The van der Waals surface area contributed by atoms with Gasteiger partial charge in [-0.15, -0.1) is 0 Å². The smallest absolute Gasteiger partial charge is 0.394 e. The number of ether oxygens (including phenoxy) is 2. The van der Waals surface area contributed by atoms with Gasteiger partial charge in [-0.1, -0.05) is 57.2 Å². The Morgan fingerprint density at radius 3 is 2.19 bits per heavy atom. The Hall–Kier alpha value is -1.19. The molecule has 0 saturated heterocycles. The molecule has 0 radical (unpaired) electrons. The fourth-order valence-corrected chi connectivity index (χ4v) is 2.32. The van der Waals surface area contributed by atoms with Gasteiger partial charge in [0, 0.05) is 0 Å². The van der Waals surface area contributed by atoms with Crippen LogP contribution in [0.25, 0.3) is 0 Å². The van der Waals surface area contributed by atoms with E-state index in [9.17, 15) is 0 Å². The van der Waals surface area contributed by atoms with E-state index in [0.29, 0.717) is 19.8 Å². The number of aryl methyl sites for hydroxylation is 1. The molecule has 0 fully saturated rings. The van der Waals surface area contributed by atoms with Crippen molar-refractivity contribution < 1.29 is 32.1 Å². The first kappa shape index (κ1) is 24.8. The van der Waals surface area contributed by atoms with Crippen molar-refractivity contribution in [2.75, 3.05) is 26.4 Å². The number of rotatable bonds is 13. The van der Waals surface area contributed by atoms with E-state index in [4.69, 9.17) is 32.1 Å². The molecule has 0 spiro atoms. The van der Waals surface area contributed by atoms with Crippen LogP contribution in [0.1, 0.15) is 51.0 Å². The molecule has 1 rings (SSSR count).